The zero-order valence-electron chi connectivity index (χ0n) is 15.4. The van der Waals surface area contributed by atoms with E-state index in [1.165, 1.54) is 24.2 Å². The number of benzene rings is 2. The average molecular weight is 429 g/mol. The first kappa shape index (κ1) is 20.6. The lowest BCUT2D eigenvalue weighted by molar-refractivity contribution is -0.122. The van der Waals surface area contributed by atoms with Gasteiger partial charge in [-0.3, -0.25) is 19.8 Å². The second-order valence-corrected chi connectivity index (χ2v) is 6.93. The summed E-state index contributed by atoms with van der Waals surface area (Å²) in [5, 5.41) is 13.0. The minimum atomic E-state index is -0.624. The molecule has 0 saturated carbocycles. The van der Waals surface area contributed by atoms with E-state index in [1.54, 1.807) is 36.4 Å². The fraction of sp³-hybridized carbons (Fsp3) is 0.0952. The summed E-state index contributed by atoms with van der Waals surface area (Å²) in [5.74, 6) is -1.03. The number of phenolic OH excluding ortho intramolecular Hbond substituents is 1. The molecular formula is C21H17ClN2O4S. The van der Waals surface area contributed by atoms with E-state index in [0.29, 0.717) is 28.3 Å². The van der Waals surface area contributed by atoms with E-state index >= 15 is 0 Å². The molecule has 2 amide bonds. The molecule has 1 fully saturated rings. The molecule has 1 aliphatic heterocycles. The molecule has 6 nitrogen and oxygen atoms in total. The third-order valence-corrected chi connectivity index (χ3v) is 4.87. The van der Waals surface area contributed by atoms with E-state index in [1.807, 2.05) is 0 Å². The highest BCUT2D eigenvalue weighted by Gasteiger charge is 2.35. The van der Waals surface area contributed by atoms with Crippen LogP contribution in [0.1, 0.15) is 11.1 Å². The summed E-state index contributed by atoms with van der Waals surface area (Å²) in [7, 11) is 1.42. The van der Waals surface area contributed by atoms with E-state index in [2.05, 4.69) is 11.9 Å². The molecule has 0 aliphatic carbocycles. The number of hydrogen-bond acceptors (Lipinski definition) is 5. The van der Waals surface area contributed by atoms with Gasteiger partial charge in [-0.2, -0.15) is 0 Å². The number of aromatic hydroxyl groups is 1. The van der Waals surface area contributed by atoms with Crippen molar-refractivity contribution in [1.82, 2.24) is 5.32 Å². The van der Waals surface area contributed by atoms with E-state index in [9.17, 15) is 14.7 Å². The van der Waals surface area contributed by atoms with Crippen LogP contribution < -0.4 is 15.0 Å². The lowest BCUT2D eigenvalue weighted by Gasteiger charge is -2.29. The minimum absolute atomic E-state index is 0.0205. The third kappa shape index (κ3) is 4.01. The molecule has 0 spiro atoms. The highest BCUT2D eigenvalue weighted by atomic mass is 35.5. The molecule has 1 heterocycles. The molecule has 0 bridgehead atoms. The van der Waals surface area contributed by atoms with Gasteiger partial charge in [0.15, 0.2) is 16.6 Å². The number of amides is 2. The average Bonchev–Trinajstić information content (AvgIpc) is 2.68. The van der Waals surface area contributed by atoms with Gasteiger partial charge in [-0.05, 0) is 54.5 Å². The number of allylic oxidation sites excluding steroid dienone is 1. The van der Waals surface area contributed by atoms with E-state index in [-0.39, 0.29) is 22.2 Å². The molecule has 29 heavy (non-hydrogen) atoms. The molecule has 148 valence electrons. The molecule has 3 rings (SSSR count). The van der Waals surface area contributed by atoms with E-state index in [4.69, 9.17) is 28.6 Å². The highest BCUT2D eigenvalue weighted by molar-refractivity contribution is 7.80. The molecule has 2 N–H and O–H groups in total. The van der Waals surface area contributed by atoms with Crippen LogP contribution in [0.5, 0.6) is 11.5 Å². The van der Waals surface area contributed by atoms with Crippen LogP contribution in [0.25, 0.3) is 6.08 Å². The Morgan fingerprint density at radius 2 is 2.03 bits per heavy atom. The molecular weight excluding hydrogens is 412 g/mol. The predicted molar refractivity (Wildman–Crippen MR) is 116 cm³/mol. The van der Waals surface area contributed by atoms with Gasteiger partial charge >= 0.3 is 0 Å². The molecule has 0 aromatic heterocycles. The van der Waals surface area contributed by atoms with Gasteiger partial charge < -0.3 is 9.84 Å². The molecule has 0 unspecified atom stereocenters. The first-order valence-corrected chi connectivity index (χ1v) is 9.32. The zero-order chi connectivity index (χ0) is 21.1. The molecule has 1 saturated heterocycles. The Bertz CT molecular complexity index is 1060. The zero-order valence-corrected chi connectivity index (χ0v) is 17.0. The summed E-state index contributed by atoms with van der Waals surface area (Å²) in [6, 6.07) is 9.88. The SMILES string of the molecule is C=CCc1cc(/C=C2\C(=O)NC(=S)N(c3ccccc3Cl)C2=O)cc(OC)c1O. The van der Waals surface area contributed by atoms with Crippen molar-refractivity contribution < 1.29 is 19.4 Å². The van der Waals surface area contributed by atoms with Gasteiger partial charge in [-0.1, -0.05) is 29.8 Å². The van der Waals surface area contributed by atoms with Crippen molar-refractivity contribution in [1.29, 1.82) is 0 Å². The molecule has 2 aromatic rings. The monoisotopic (exact) mass is 428 g/mol. The highest BCUT2D eigenvalue weighted by Crippen LogP contribution is 2.34. The van der Waals surface area contributed by atoms with Gasteiger partial charge in [0.25, 0.3) is 11.8 Å². The van der Waals surface area contributed by atoms with Gasteiger partial charge in [-0.25, -0.2) is 0 Å². The largest absolute Gasteiger partial charge is 0.504 e. The second kappa shape index (κ2) is 8.46. The summed E-state index contributed by atoms with van der Waals surface area (Å²) in [4.78, 5) is 26.7. The number of carbonyl (C=O) groups excluding carboxylic acids is 2. The number of nitrogens with one attached hydrogen (secondary N) is 1. The van der Waals surface area contributed by atoms with E-state index in [0.717, 1.165) is 0 Å². The Kier molecular flexibility index (Phi) is 6.00. The van der Waals surface area contributed by atoms with Gasteiger partial charge in [0, 0.05) is 5.56 Å². The predicted octanol–water partition coefficient (Wildman–Crippen LogP) is 3.61. The van der Waals surface area contributed by atoms with Crippen LogP contribution in [0.2, 0.25) is 5.02 Å². The quantitative estimate of drug-likeness (QED) is 0.329. The smallest absolute Gasteiger partial charge is 0.270 e. The first-order chi connectivity index (χ1) is 13.9. The lowest BCUT2D eigenvalue weighted by atomic mass is 10.0. The number of hydrogen-bond donors (Lipinski definition) is 2. The number of phenols is 1. The standard InChI is InChI=1S/C21H17ClN2O4S/c1-3-6-13-9-12(11-17(28-2)18(13)25)10-14-19(26)23-21(29)24(20(14)27)16-8-5-4-7-15(16)22/h3-5,7-11,25H,1,6H2,2H3,(H,23,26,29)/b14-10+. The Hall–Kier alpha value is -3.16. The topological polar surface area (TPSA) is 78.9 Å². The van der Waals surface area contributed by atoms with Crippen LogP contribution in [0.15, 0.2) is 54.6 Å². The van der Waals surface area contributed by atoms with Crippen LogP contribution in [0.3, 0.4) is 0 Å². The maximum Gasteiger partial charge on any atom is 0.270 e. The normalized spacial score (nSPS) is 15.4. The van der Waals surface area contributed by atoms with Crippen LogP contribution in [0.4, 0.5) is 5.69 Å². The Balaban J connectivity index is 2.09. The number of methoxy groups -OCH3 is 1. The van der Waals surface area contributed by atoms with Crippen molar-refractivity contribution in [2.24, 2.45) is 0 Å². The minimum Gasteiger partial charge on any atom is -0.504 e. The lowest BCUT2D eigenvalue weighted by Crippen LogP contribution is -2.54. The number of anilines is 1. The van der Waals surface area contributed by atoms with Crippen LogP contribution in [0, 0.1) is 0 Å². The van der Waals surface area contributed by atoms with Crippen molar-refractivity contribution in [3.05, 3.63) is 70.8 Å². The summed E-state index contributed by atoms with van der Waals surface area (Å²) in [6.45, 7) is 3.66. The molecule has 2 aromatic carbocycles. The summed E-state index contributed by atoms with van der Waals surface area (Å²) < 4.78 is 5.19. The molecule has 0 atom stereocenters. The number of nitrogens with zero attached hydrogens (tertiary/aromatic N) is 1. The number of thiocarbonyl (C=S) groups is 1. The second-order valence-electron chi connectivity index (χ2n) is 6.13. The van der Waals surface area contributed by atoms with Crippen LogP contribution in [-0.2, 0) is 16.0 Å². The molecule has 1 aliphatic rings. The van der Waals surface area contributed by atoms with Gasteiger partial charge in [0.05, 0.1) is 17.8 Å². The maximum atomic E-state index is 13.1. The van der Waals surface area contributed by atoms with Gasteiger partial charge in [-0.15, -0.1) is 6.58 Å². The summed E-state index contributed by atoms with van der Waals surface area (Å²) >= 11 is 11.4. The fourth-order valence-corrected chi connectivity index (χ4v) is 3.41. The van der Waals surface area contributed by atoms with Crippen molar-refractivity contribution in [3.8, 4) is 11.5 Å². The van der Waals surface area contributed by atoms with Crippen molar-refractivity contribution in [2.75, 3.05) is 12.0 Å². The van der Waals surface area contributed by atoms with Crippen LogP contribution in [-0.4, -0.2) is 29.1 Å². The Morgan fingerprint density at radius 3 is 2.69 bits per heavy atom. The first-order valence-electron chi connectivity index (χ1n) is 8.54. The van der Waals surface area contributed by atoms with Crippen LogP contribution >= 0.6 is 23.8 Å². The fourth-order valence-electron chi connectivity index (χ4n) is 2.92. The number of para-hydroxylation sites is 1. The van der Waals surface area contributed by atoms with Crippen molar-refractivity contribution >= 4 is 52.5 Å². The van der Waals surface area contributed by atoms with Gasteiger partial charge in [0.2, 0.25) is 0 Å². The Labute approximate surface area is 178 Å². The Morgan fingerprint density at radius 1 is 1.31 bits per heavy atom. The van der Waals surface area contributed by atoms with Crippen molar-refractivity contribution in [2.45, 2.75) is 6.42 Å². The van der Waals surface area contributed by atoms with E-state index < -0.39 is 11.8 Å². The van der Waals surface area contributed by atoms with Crippen molar-refractivity contribution in [3.63, 3.8) is 0 Å². The third-order valence-electron chi connectivity index (χ3n) is 4.27. The maximum absolute atomic E-state index is 13.1. The van der Waals surface area contributed by atoms with Gasteiger partial charge in [0.1, 0.15) is 5.57 Å². The molecule has 0 radical (unpaired) electrons. The number of carbonyl (C=O) groups is 2. The number of ether oxygens (including phenoxy) is 1. The number of rotatable bonds is 5. The number of halogens is 1. The summed E-state index contributed by atoms with van der Waals surface area (Å²) in [6.07, 6.45) is 3.43. The summed E-state index contributed by atoms with van der Waals surface area (Å²) in [5.41, 5.74) is 1.29. The molecule has 8 heteroatoms.